The van der Waals surface area contributed by atoms with E-state index >= 15 is 0 Å². The number of benzene rings is 2. The van der Waals surface area contributed by atoms with Crippen molar-refractivity contribution in [1.29, 1.82) is 0 Å². The third-order valence-electron chi connectivity index (χ3n) is 5.99. The van der Waals surface area contributed by atoms with E-state index in [2.05, 4.69) is 79.3 Å². The van der Waals surface area contributed by atoms with E-state index in [-0.39, 0.29) is 0 Å². The molecule has 0 aliphatic carbocycles. The fraction of sp³-hybridized carbons (Fsp3) is 0.0769. The third-order valence-corrected chi connectivity index (χ3v) is 5.99. The van der Waals surface area contributed by atoms with Crippen LogP contribution in [-0.4, -0.2) is 29.1 Å². The second kappa shape index (κ2) is 7.13. The average molecular weight is 416 g/mol. The first-order valence-electron chi connectivity index (χ1n) is 10.5. The normalized spacial score (nSPS) is 11.4. The molecule has 0 saturated carbocycles. The maximum absolute atomic E-state index is 4.33. The highest BCUT2D eigenvalue weighted by atomic mass is 15.0. The maximum atomic E-state index is 4.33. The highest BCUT2D eigenvalue weighted by Gasteiger charge is 2.11. The molecule has 0 atom stereocenters. The predicted octanol–water partition coefficient (Wildman–Crippen LogP) is 5.44. The summed E-state index contributed by atoms with van der Waals surface area (Å²) in [6.07, 6.45) is 10.9. The summed E-state index contributed by atoms with van der Waals surface area (Å²) in [5, 5.41) is 0. The van der Waals surface area contributed by atoms with Crippen LogP contribution in [0, 0.1) is 13.8 Å². The van der Waals surface area contributed by atoms with Gasteiger partial charge in [0.15, 0.2) is 0 Å². The van der Waals surface area contributed by atoms with Crippen LogP contribution < -0.4 is 0 Å². The predicted molar refractivity (Wildman–Crippen MR) is 126 cm³/mol. The Morgan fingerprint density at radius 2 is 1.06 bits per heavy atom. The summed E-state index contributed by atoms with van der Waals surface area (Å²) >= 11 is 0. The Hall–Kier alpha value is -4.32. The molecule has 6 aromatic rings. The number of aryl methyl sites for hydroxylation is 2. The van der Waals surface area contributed by atoms with Crippen molar-refractivity contribution in [2.75, 3.05) is 0 Å². The summed E-state index contributed by atoms with van der Waals surface area (Å²) in [6.45, 7) is 4.32. The fourth-order valence-electron chi connectivity index (χ4n) is 4.39. The van der Waals surface area contributed by atoms with Crippen molar-refractivity contribution in [1.82, 2.24) is 29.1 Å². The van der Waals surface area contributed by atoms with Crippen molar-refractivity contribution >= 4 is 22.1 Å². The summed E-state index contributed by atoms with van der Waals surface area (Å²) in [4.78, 5) is 17.0. The molecule has 0 aliphatic rings. The minimum atomic E-state index is 0.941. The molecule has 0 saturated heterocycles. The number of hydrogen-bond acceptors (Lipinski definition) is 4. The van der Waals surface area contributed by atoms with Gasteiger partial charge in [-0.05, 0) is 72.5 Å². The quantitative estimate of drug-likeness (QED) is 0.385. The summed E-state index contributed by atoms with van der Waals surface area (Å²) in [5.41, 5.74) is 11.0. The molecule has 4 heterocycles. The SMILES string of the molecule is Cc1cc(-n2ccc3ncncc32)ccc1-c1ccc(-n2ccc3ncncc32)cc1C. The van der Waals surface area contributed by atoms with Gasteiger partial charge in [-0.3, -0.25) is 0 Å². The molecular weight excluding hydrogens is 396 g/mol. The molecule has 6 nitrogen and oxygen atoms in total. The number of hydrogen-bond donors (Lipinski definition) is 0. The van der Waals surface area contributed by atoms with Crippen LogP contribution in [0.25, 0.3) is 44.6 Å². The van der Waals surface area contributed by atoms with Crippen LogP contribution in [0.15, 0.2) is 86.0 Å². The van der Waals surface area contributed by atoms with Crippen LogP contribution in [0.5, 0.6) is 0 Å². The van der Waals surface area contributed by atoms with E-state index in [4.69, 9.17) is 0 Å². The molecular formula is C26H20N6. The van der Waals surface area contributed by atoms with Gasteiger partial charge in [-0.2, -0.15) is 0 Å². The van der Waals surface area contributed by atoms with Crippen molar-refractivity contribution < 1.29 is 0 Å². The van der Waals surface area contributed by atoms with E-state index in [9.17, 15) is 0 Å². The van der Waals surface area contributed by atoms with E-state index in [1.165, 1.54) is 22.3 Å². The zero-order chi connectivity index (χ0) is 21.7. The van der Waals surface area contributed by atoms with Gasteiger partial charge in [0.25, 0.3) is 0 Å². The molecule has 154 valence electrons. The first-order chi connectivity index (χ1) is 15.7. The lowest BCUT2D eigenvalue weighted by atomic mass is 9.95. The van der Waals surface area contributed by atoms with Crippen LogP contribution in [0.2, 0.25) is 0 Å². The Labute approximate surface area is 184 Å². The van der Waals surface area contributed by atoms with E-state index in [1.54, 1.807) is 12.7 Å². The van der Waals surface area contributed by atoms with Crippen molar-refractivity contribution in [2.24, 2.45) is 0 Å². The summed E-state index contributed by atoms with van der Waals surface area (Å²) in [5.74, 6) is 0. The summed E-state index contributed by atoms with van der Waals surface area (Å²) < 4.78 is 4.25. The minimum Gasteiger partial charge on any atom is -0.314 e. The highest BCUT2D eigenvalue weighted by Crippen LogP contribution is 2.31. The Morgan fingerprint density at radius 1 is 0.594 bits per heavy atom. The lowest BCUT2D eigenvalue weighted by molar-refractivity contribution is 1.10. The topological polar surface area (TPSA) is 61.4 Å². The van der Waals surface area contributed by atoms with E-state index in [1.807, 2.05) is 36.9 Å². The Kier molecular flexibility index (Phi) is 4.11. The second-order valence-corrected chi connectivity index (χ2v) is 7.96. The molecule has 0 radical (unpaired) electrons. The molecule has 6 rings (SSSR count). The van der Waals surface area contributed by atoms with Gasteiger partial charge >= 0.3 is 0 Å². The van der Waals surface area contributed by atoms with Crippen molar-refractivity contribution in [3.05, 3.63) is 97.1 Å². The van der Waals surface area contributed by atoms with Gasteiger partial charge in [0.1, 0.15) is 12.7 Å². The van der Waals surface area contributed by atoms with Gasteiger partial charge in [0, 0.05) is 23.8 Å². The number of fused-ring (bicyclic) bond motifs is 2. The molecule has 0 unspecified atom stereocenters. The van der Waals surface area contributed by atoms with Crippen LogP contribution in [0.1, 0.15) is 11.1 Å². The summed E-state index contributed by atoms with van der Waals surface area (Å²) in [7, 11) is 0. The van der Waals surface area contributed by atoms with Gasteiger partial charge in [-0.15, -0.1) is 0 Å². The molecule has 0 fully saturated rings. The lowest BCUT2D eigenvalue weighted by Gasteiger charge is -2.14. The summed E-state index contributed by atoms with van der Waals surface area (Å²) in [6, 6.07) is 17.1. The fourth-order valence-corrected chi connectivity index (χ4v) is 4.39. The zero-order valence-corrected chi connectivity index (χ0v) is 17.8. The molecule has 0 aliphatic heterocycles. The molecule has 32 heavy (non-hydrogen) atoms. The van der Waals surface area contributed by atoms with Crippen molar-refractivity contribution in [2.45, 2.75) is 13.8 Å². The Bertz CT molecular complexity index is 1490. The maximum Gasteiger partial charge on any atom is 0.116 e. The molecule has 4 aromatic heterocycles. The van der Waals surface area contributed by atoms with Crippen LogP contribution in [0.4, 0.5) is 0 Å². The number of nitrogens with zero attached hydrogens (tertiary/aromatic N) is 6. The van der Waals surface area contributed by atoms with E-state index in [0.717, 1.165) is 33.4 Å². The smallest absolute Gasteiger partial charge is 0.116 e. The van der Waals surface area contributed by atoms with Gasteiger partial charge in [0.05, 0.1) is 34.5 Å². The van der Waals surface area contributed by atoms with Crippen LogP contribution in [-0.2, 0) is 0 Å². The lowest BCUT2D eigenvalue weighted by Crippen LogP contribution is -1.97. The minimum absolute atomic E-state index is 0.941. The first kappa shape index (κ1) is 18.4. The molecule has 0 spiro atoms. The molecule has 0 N–H and O–H groups in total. The number of rotatable bonds is 3. The molecule has 6 heteroatoms. The van der Waals surface area contributed by atoms with Gasteiger partial charge in [-0.1, -0.05) is 12.1 Å². The van der Waals surface area contributed by atoms with Crippen molar-refractivity contribution in [3.63, 3.8) is 0 Å². The average Bonchev–Trinajstić information content (AvgIpc) is 3.44. The first-order valence-corrected chi connectivity index (χ1v) is 10.5. The van der Waals surface area contributed by atoms with Gasteiger partial charge in [0.2, 0.25) is 0 Å². The highest BCUT2D eigenvalue weighted by molar-refractivity contribution is 5.79. The van der Waals surface area contributed by atoms with E-state index < -0.39 is 0 Å². The van der Waals surface area contributed by atoms with Crippen molar-refractivity contribution in [3.8, 4) is 22.5 Å². The Balaban J connectivity index is 1.39. The molecule has 0 amide bonds. The van der Waals surface area contributed by atoms with Crippen LogP contribution in [0.3, 0.4) is 0 Å². The Morgan fingerprint density at radius 3 is 1.50 bits per heavy atom. The van der Waals surface area contributed by atoms with E-state index in [0.29, 0.717) is 0 Å². The second-order valence-electron chi connectivity index (χ2n) is 7.96. The zero-order valence-electron chi connectivity index (χ0n) is 17.8. The number of aromatic nitrogens is 6. The van der Waals surface area contributed by atoms with Gasteiger partial charge < -0.3 is 9.13 Å². The van der Waals surface area contributed by atoms with Gasteiger partial charge in [-0.25, -0.2) is 19.9 Å². The molecule has 2 aromatic carbocycles. The monoisotopic (exact) mass is 416 g/mol. The standard InChI is InChI=1S/C26H20N6/c1-17-11-19(31-9-7-23-25(31)13-27-15-29-23)3-5-21(17)22-6-4-20(12-18(22)2)32-10-8-24-26(32)14-28-16-30-24/h3-16H,1-2H3. The third kappa shape index (κ3) is 2.88. The molecule has 0 bridgehead atoms. The largest absolute Gasteiger partial charge is 0.314 e. The van der Waals surface area contributed by atoms with Crippen LogP contribution >= 0.6 is 0 Å².